The van der Waals surface area contributed by atoms with E-state index in [4.69, 9.17) is 5.73 Å². The third-order valence-corrected chi connectivity index (χ3v) is 1.92. The lowest BCUT2D eigenvalue weighted by atomic mass is 10.0. The monoisotopic (exact) mass is 165 g/mol. The predicted octanol–water partition coefficient (Wildman–Crippen LogP) is 1.32. The van der Waals surface area contributed by atoms with Crippen LogP contribution in [0, 0.1) is 0 Å². The Morgan fingerprint density at radius 3 is 2.83 bits per heavy atom. The Bertz CT molecular complexity index is 210. The van der Waals surface area contributed by atoms with Gasteiger partial charge >= 0.3 is 0 Å². The van der Waals surface area contributed by atoms with Crippen molar-refractivity contribution in [2.45, 2.75) is 25.7 Å². The van der Waals surface area contributed by atoms with E-state index in [1.807, 2.05) is 0 Å². The van der Waals surface area contributed by atoms with Gasteiger partial charge in [-0.15, -0.1) is 0 Å². The normalized spacial score (nSPS) is 12.8. The van der Waals surface area contributed by atoms with E-state index >= 15 is 0 Å². The molecule has 0 saturated carbocycles. The molecule has 0 aliphatic carbocycles. The second-order valence-corrected chi connectivity index (χ2v) is 2.85. The highest BCUT2D eigenvalue weighted by atomic mass is 14.8. The summed E-state index contributed by atoms with van der Waals surface area (Å²) in [6, 6.07) is 0. The van der Waals surface area contributed by atoms with Gasteiger partial charge in [0, 0.05) is 31.1 Å². The summed E-state index contributed by atoms with van der Waals surface area (Å²) in [6.07, 6.45) is 7.43. The molecule has 0 saturated heterocycles. The second-order valence-electron chi connectivity index (χ2n) is 2.85. The van der Waals surface area contributed by atoms with Crippen molar-refractivity contribution in [1.82, 2.24) is 9.97 Å². The minimum atomic E-state index is 0.378. The van der Waals surface area contributed by atoms with Gasteiger partial charge in [0.05, 0.1) is 5.69 Å². The highest BCUT2D eigenvalue weighted by Gasteiger charge is 2.08. The molecule has 1 heterocycles. The van der Waals surface area contributed by atoms with Gasteiger partial charge in [-0.3, -0.25) is 9.97 Å². The van der Waals surface area contributed by atoms with E-state index in [9.17, 15) is 0 Å². The summed E-state index contributed by atoms with van der Waals surface area (Å²) in [5.74, 6) is 0.378. The van der Waals surface area contributed by atoms with Crippen LogP contribution in [0.5, 0.6) is 0 Å². The maximum Gasteiger partial charge on any atom is 0.0630 e. The molecule has 3 heteroatoms. The summed E-state index contributed by atoms with van der Waals surface area (Å²) in [5, 5.41) is 0. The highest BCUT2D eigenvalue weighted by molar-refractivity contribution is 5.03. The smallest absolute Gasteiger partial charge is 0.0630 e. The summed E-state index contributed by atoms with van der Waals surface area (Å²) in [6.45, 7) is 2.81. The van der Waals surface area contributed by atoms with Crippen LogP contribution < -0.4 is 5.73 Å². The lowest BCUT2D eigenvalue weighted by Crippen LogP contribution is -2.13. The SMILES string of the molecule is CCCC(CN)c1cnccn1. The summed E-state index contributed by atoms with van der Waals surface area (Å²) in [4.78, 5) is 8.24. The molecule has 1 aromatic heterocycles. The quantitative estimate of drug-likeness (QED) is 0.732. The summed E-state index contributed by atoms with van der Waals surface area (Å²) < 4.78 is 0. The van der Waals surface area contributed by atoms with Gasteiger partial charge < -0.3 is 5.73 Å². The Labute approximate surface area is 73.0 Å². The van der Waals surface area contributed by atoms with Crippen LogP contribution in [0.15, 0.2) is 18.6 Å². The average Bonchev–Trinajstić information content (AvgIpc) is 2.15. The first kappa shape index (κ1) is 9.13. The van der Waals surface area contributed by atoms with E-state index < -0.39 is 0 Å². The molecule has 0 spiro atoms. The summed E-state index contributed by atoms with van der Waals surface area (Å²) in [7, 11) is 0. The first-order chi connectivity index (χ1) is 5.88. The number of nitrogens with zero attached hydrogens (tertiary/aromatic N) is 2. The minimum Gasteiger partial charge on any atom is -0.330 e. The van der Waals surface area contributed by atoms with E-state index in [-0.39, 0.29) is 0 Å². The highest BCUT2D eigenvalue weighted by Crippen LogP contribution is 2.15. The van der Waals surface area contributed by atoms with Crippen LogP contribution in [0.2, 0.25) is 0 Å². The summed E-state index contributed by atoms with van der Waals surface area (Å²) in [5.41, 5.74) is 6.64. The van der Waals surface area contributed by atoms with Crippen LogP contribution in [0.3, 0.4) is 0 Å². The maximum absolute atomic E-state index is 5.62. The third kappa shape index (κ3) is 2.27. The number of hydrogen-bond donors (Lipinski definition) is 1. The fraction of sp³-hybridized carbons (Fsp3) is 0.556. The molecule has 0 aromatic carbocycles. The molecule has 3 nitrogen and oxygen atoms in total. The largest absolute Gasteiger partial charge is 0.330 e. The van der Waals surface area contributed by atoms with Gasteiger partial charge in [-0.2, -0.15) is 0 Å². The van der Waals surface area contributed by atoms with Crippen LogP contribution >= 0.6 is 0 Å². The lowest BCUT2D eigenvalue weighted by molar-refractivity contribution is 0.604. The lowest BCUT2D eigenvalue weighted by Gasteiger charge is -2.11. The molecule has 0 bridgehead atoms. The molecule has 0 fully saturated rings. The van der Waals surface area contributed by atoms with Crippen LogP contribution in [0.1, 0.15) is 31.4 Å². The Hall–Kier alpha value is -0.960. The molecular formula is C9H15N3. The van der Waals surface area contributed by atoms with Gasteiger partial charge in [-0.25, -0.2) is 0 Å². The molecule has 2 N–H and O–H groups in total. The number of aromatic nitrogens is 2. The predicted molar refractivity (Wildman–Crippen MR) is 48.7 cm³/mol. The van der Waals surface area contributed by atoms with Crippen LogP contribution in [-0.4, -0.2) is 16.5 Å². The average molecular weight is 165 g/mol. The Balaban J connectivity index is 2.66. The van der Waals surface area contributed by atoms with Gasteiger partial charge in [-0.1, -0.05) is 13.3 Å². The minimum absolute atomic E-state index is 0.378. The number of hydrogen-bond acceptors (Lipinski definition) is 3. The molecule has 1 rings (SSSR count). The van der Waals surface area contributed by atoms with Gasteiger partial charge in [-0.05, 0) is 6.42 Å². The maximum atomic E-state index is 5.62. The fourth-order valence-corrected chi connectivity index (χ4v) is 1.26. The van der Waals surface area contributed by atoms with Crippen molar-refractivity contribution in [3.63, 3.8) is 0 Å². The van der Waals surface area contributed by atoms with Gasteiger partial charge in [0.25, 0.3) is 0 Å². The van der Waals surface area contributed by atoms with Crippen molar-refractivity contribution in [2.75, 3.05) is 6.54 Å². The molecule has 0 amide bonds. The zero-order valence-electron chi connectivity index (χ0n) is 7.40. The van der Waals surface area contributed by atoms with Gasteiger partial charge in [0.1, 0.15) is 0 Å². The van der Waals surface area contributed by atoms with E-state index in [0.29, 0.717) is 12.5 Å². The van der Waals surface area contributed by atoms with Crippen molar-refractivity contribution < 1.29 is 0 Å². The zero-order valence-corrected chi connectivity index (χ0v) is 7.40. The van der Waals surface area contributed by atoms with E-state index in [0.717, 1.165) is 18.5 Å². The molecular weight excluding hydrogens is 150 g/mol. The Morgan fingerprint density at radius 2 is 2.33 bits per heavy atom. The third-order valence-electron chi connectivity index (χ3n) is 1.92. The van der Waals surface area contributed by atoms with Crippen LogP contribution in [0.25, 0.3) is 0 Å². The molecule has 1 aromatic rings. The van der Waals surface area contributed by atoms with Gasteiger partial charge in [0.2, 0.25) is 0 Å². The molecule has 66 valence electrons. The van der Waals surface area contributed by atoms with Crippen LogP contribution in [-0.2, 0) is 0 Å². The number of rotatable bonds is 4. The first-order valence-corrected chi connectivity index (χ1v) is 4.34. The molecule has 0 aliphatic rings. The Morgan fingerprint density at radius 1 is 1.50 bits per heavy atom. The van der Waals surface area contributed by atoms with Crippen molar-refractivity contribution >= 4 is 0 Å². The Kier molecular flexibility index (Phi) is 3.67. The first-order valence-electron chi connectivity index (χ1n) is 4.34. The van der Waals surface area contributed by atoms with Crippen LogP contribution in [0.4, 0.5) is 0 Å². The van der Waals surface area contributed by atoms with Crippen molar-refractivity contribution in [2.24, 2.45) is 5.73 Å². The molecule has 1 unspecified atom stereocenters. The molecule has 0 radical (unpaired) electrons. The van der Waals surface area contributed by atoms with E-state index in [1.54, 1.807) is 18.6 Å². The number of nitrogens with two attached hydrogens (primary N) is 1. The second kappa shape index (κ2) is 4.83. The van der Waals surface area contributed by atoms with E-state index in [1.165, 1.54) is 0 Å². The van der Waals surface area contributed by atoms with Crippen molar-refractivity contribution in [1.29, 1.82) is 0 Å². The summed E-state index contributed by atoms with van der Waals surface area (Å²) >= 11 is 0. The van der Waals surface area contributed by atoms with E-state index in [2.05, 4.69) is 16.9 Å². The molecule has 0 aliphatic heterocycles. The van der Waals surface area contributed by atoms with Gasteiger partial charge in [0.15, 0.2) is 0 Å². The fourth-order valence-electron chi connectivity index (χ4n) is 1.26. The molecule has 12 heavy (non-hydrogen) atoms. The topological polar surface area (TPSA) is 51.8 Å². The molecule has 1 atom stereocenters. The zero-order chi connectivity index (χ0) is 8.81. The van der Waals surface area contributed by atoms with Crippen molar-refractivity contribution in [3.05, 3.63) is 24.3 Å². The van der Waals surface area contributed by atoms with Crippen molar-refractivity contribution in [3.8, 4) is 0 Å². The standard InChI is InChI=1S/C9H15N3/c1-2-3-8(6-10)9-7-11-4-5-12-9/h4-5,7-8H,2-3,6,10H2,1H3.